The smallest absolute Gasteiger partial charge is 0.136 e. The standard InChI is InChI=1S/C16H20O/c1-12(2)7-10-16(17)15-9-8-13-5-3-4-6-14(13)11-15/h3-6,15H,1,7-11H2,2H3. The van der Waals surface area contributed by atoms with Gasteiger partial charge in [0.25, 0.3) is 0 Å². The third-order valence-electron chi connectivity index (χ3n) is 3.60. The number of ketones is 1. The molecule has 1 unspecified atom stereocenters. The number of aryl methyl sites for hydroxylation is 1. The molecule has 0 aliphatic heterocycles. The first-order valence-electron chi connectivity index (χ1n) is 6.40. The van der Waals surface area contributed by atoms with E-state index in [4.69, 9.17) is 0 Å². The van der Waals surface area contributed by atoms with Gasteiger partial charge in [-0.1, -0.05) is 29.8 Å². The second kappa shape index (κ2) is 5.31. The molecule has 2 rings (SSSR count). The topological polar surface area (TPSA) is 17.1 Å². The van der Waals surface area contributed by atoms with Crippen molar-refractivity contribution in [1.82, 2.24) is 0 Å². The molecule has 1 atom stereocenters. The second-order valence-corrected chi connectivity index (χ2v) is 5.13. The molecule has 90 valence electrons. The van der Waals surface area contributed by atoms with E-state index in [2.05, 4.69) is 30.8 Å². The van der Waals surface area contributed by atoms with Crippen LogP contribution >= 0.6 is 0 Å². The lowest BCUT2D eigenvalue weighted by Crippen LogP contribution is -2.22. The second-order valence-electron chi connectivity index (χ2n) is 5.13. The SMILES string of the molecule is C=C(C)CCC(=O)C1CCc2ccccc2C1. The fraction of sp³-hybridized carbons (Fsp3) is 0.438. The number of allylic oxidation sites excluding steroid dienone is 1. The van der Waals surface area contributed by atoms with Crippen molar-refractivity contribution in [3.8, 4) is 0 Å². The lowest BCUT2D eigenvalue weighted by atomic mass is 9.80. The summed E-state index contributed by atoms with van der Waals surface area (Å²) in [5, 5.41) is 0. The van der Waals surface area contributed by atoms with Gasteiger partial charge in [-0.25, -0.2) is 0 Å². The quantitative estimate of drug-likeness (QED) is 0.718. The Balaban J connectivity index is 1.97. The molecule has 0 fully saturated rings. The Labute approximate surface area is 104 Å². The highest BCUT2D eigenvalue weighted by molar-refractivity contribution is 5.81. The fourth-order valence-corrected chi connectivity index (χ4v) is 2.51. The van der Waals surface area contributed by atoms with Gasteiger partial charge in [0.15, 0.2) is 0 Å². The van der Waals surface area contributed by atoms with E-state index < -0.39 is 0 Å². The van der Waals surface area contributed by atoms with Crippen LogP contribution in [0.25, 0.3) is 0 Å². The van der Waals surface area contributed by atoms with Crippen LogP contribution in [0.4, 0.5) is 0 Å². The summed E-state index contributed by atoms with van der Waals surface area (Å²) in [4.78, 5) is 12.1. The first kappa shape index (κ1) is 12.1. The summed E-state index contributed by atoms with van der Waals surface area (Å²) in [5.74, 6) is 0.659. The Kier molecular flexibility index (Phi) is 3.78. The lowest BCUT2D eigenvalue weighted by Gasteiger charge is -2.23. The Bertz CT molecular complexity index is 431. The number of carbonyl (C=O) groups excluding carboxylic acids is 1. The van der Waals surface area contributed by atoms with E-state index in [1.54, 1.807) is 0 Å². The number of fused-ring (bicyclic) bond motifs is 1. The van der Waals surface area contributed by atoms with Gasteiger partial charge in [0.2, 0.25) is 0 Å². The zero-order valence-corrected chi connectivity index (χ0v) is 10.5. The van der Waals surface area contributed by atoms with E-state index in [0.29, 0.717) is 12.2 Å². The first-order chi connectivity index (χ1) is 8.16. The van der Waals surface area contributed by atoms with E-state index in [1.165, 1.54) is 11.1 Å². The van der Waals surface area contributed by atoms with Crippen LogP contribution in [0, 0.1) is 5.92 Å². The highest BCUT2D eigenvalue weighted by atomic mass is 16.1. The average Bonchev–Trinajstić information content (AvgIpc) is 2.35. The summed E-state index contributed by atoms with van der Waals surface area (Å²) < 4.78 is 0. The van der Waals surface area contributed by atoms with Gasteiger partial charge < -0.3 is 0 Å². The van der Waals surface area contributed by atoms with Crippen LogP contribution in [-0.4, -0.2) is 5.78 Å². The van der Waals surface area contributed by atoms with Crippen molar-refractivity contribution >= 4 is 5.78 Å². The van der Waals surface area contributed by atoms with Crippen LogP contribution in [0.1, 0.15) is 37.3 Å². The highest BCUT2D eigenvalue weighted by Crippen LogP contribution is 2.27. The van der Waals surface area contributed by atoms with Crippen molar-refractivity contribution in [2.45, 2.75) is 39.0 Å². The molecule has 1 heteroatoms. The zero-order valence-electron chi connectivity index (χ0n) is 10.5. The van der Waals surface area contributed by atoms with E-state index in [-0.39, 0.29) is 5.92 Å². The van der Waals surface area contributed by atoms with Crippen LogP contribution in [-0.2, 0) is 17.6 Å². The summed E-state index contributed by atoms with van der Waals surface area (Å²) in [5.41, 5.74) is 3.90. The van der Waals surface area contributed by atoms with Gasteiger partial charge in [0.05, 0.1) is 0 Å². The third kappa shape index (κ3) is 3.06. The molecule has 1 aliphatic carbocycles. The summed E-state index contributed by atoms with van der Waals surface area (Å²) in [6.45, 7) is 5.85. The molecule has 1 aromatic rings. The Morgan fingerprint density at radius 1 is 1.29 bits per heavy atom. The number of hydrogen-bond donors (Lipinski definition) is 0. The maximum atomic E-state index is 12.1. The van der Waals surface area contributed by atoms with Crippen molar-refractivity contribution in [2.24, 2.45) is 5.92 Å². The zero-order chi connectivity index (χ0) is 12.3. The molecule has 0 aromatic heterocycles. The minimum atomic E-state index is 0.240. The minimum Gasteiger partial charge on any atom is -0.299 e. The first-order valence-corrected chi connectivity index (χ1v) is 6.40. The van der Waals surface area contributed by atoms with Crippen LogP contribution < -0.4 is 0 Å². The number of benzene rings is 1. The molecule has 0 saturated heterocycles. The van der Waals surface area contributed by atoms with Crippen LogP contribution in [0.2, 0.25) is 0 Å². The number of rotatable bonds is 4. The minimum absolute atomic E-state index is 0.240. The average molecular weight is 228 g/mol. The molecule has 0 N–H and O–H groups in total. The van der Waals surface area contributed by atoms with Gasteiger partial charge >= 0.3 is 0 Å². The number of hydrogen-bond acceptors (Lipinski definition) is 1. The summed E-state index contributed by atoms with van der Waals surface area (Å²) in [6.07, 6.45) is 4.52. The van der Waals surface area contributed by atoms with Crippen LogP contribution in [0.5, 0.6) is 0 Å². The molecule has 0 heterocycles. The summed E-state index contributed by atoms with van der Waals surface area (Å²) in [6, 6.07) is 8.50. The van der Waals surface area contributed by atoms with Gasteiger partial charge in [-0.15, -0.1) is 6.58 Å². The van der Waals surface area contributed by atoms with Crippen molar-refractivity contribution in [3.05, 3.63) is 47.5 Å². The molecule has 17 heavy (non-hydrogen) atoms. The van der Waals surface area contributed by atoms with Gasteiger partial charge in [0.1, 0.15) is 5.78 Å². The van der Waals surface area contributed by atoms with E-state index in [9.17, 15) is 4.79 Å². The molecule has 0 radical (unpaired) electrons. The monoisotopic (exact) mass is 228 g/mol. The molecule has 1 aromatic carbocycles. The van der Waals surface area contributed by atoms with Gasteiger partial charge in [0, 0.05) is 12.3 Å². The van der Waals surface area contributed by atoms with Crippen LogP contribution in [0.15, 0.2) is 36.4 Å². The molecular weight excluding hydrogens is 208 g/mol. The largest absolute Gasteiger partial charge is 0.299 e. The van der Waals surface area contributed by atoms with E-state index in [0.717, 1.165) is 31.3 Å². The Hall–Kier alpha value is -1.37. The van der Waals surface area contributed by atoms with Crippen molar-refractivity contribution < 1.29 is 4.79 Å². The maximum Gasteiger partial charge on any atom is 0.136 e. The molecule has 1 nitrogen and oxygen atoms in total. The molecule has 1 aliphatic rings. The van der Waals surface area contributed by atoms with Crippen molar-refractivity contribution in [2.75, 3.05) is 0 Å². The lowest BCUT2D eigenvalue weighted by molar-refractivity contribution is -0.123. The van der Waals surface area contributed by atoms with Crippen molar-refractivity contribution in [3.63, 3.8) is 0 Å². The normalized spacial score (nSPS) is 18.5. The van der Waals surface area contributed by atoms with E-state index in [1.807, 2.05) is 6.92 Å². The molecule has 0 bridgehead atoms. The predicted octanol–water partition coefficient (Wildman–Crippen LogP) is 3.72. The van der Waals surface area contributed by atoms with Crippen molar-refractivity contribution in [1.29, 1.82) is 0 Å². The number of carbonyl (C=O) groups is 1. The summed E-state index contributed by atoms with van der Waals surface area (Å²) in [7, 11) is 0. The fourth-order valence-electron chi connectivity index (χ4n) is 2.51. The molecular formula is C16H20O. The third-order valence-corrected chi connectivity index (χ3v) is 3.60. The van der Waals surface area contributed by atoms with E-state index >= 15 is 0 Å². The summed E-state index contributed by atoms with van der Waals surface area (Å²) >= 11 is 0. The molecule has 0 spiro atoms. The highest BCUT2D eigenvalue weighted by Gasteiger charge is 2.23. The predicted molar refractivity (Wildman–Crippen MR) is 71.0 cm³/mol. The maximum absolute atomic E-state index is 12.1. The van der Waals surface area contributed by atoms with Gasteiger partial charge in [-0.2, -0.15) is 0 Å². The molecule has 0 saturated carbocycles. The Morgan fingerprint density at radius 2 is 2.00 bits per heavy atom. The van der Waals surface area contributed by atoms with Gasteiger partial charge in [-0.05, 0) is 43.7 Å². The number of Topliss-reactive ketones (excluding diaryl/α,β-unsaturated/α-hetero) is 1. The van der Waals surface area contributed by atoms with Gasteiger partial charge in [-0.3, -0.25) is 4.79 Å². The van der Waals surface area contributed by atoms with Crippen LogP contribution in [0.3, 0.4) is 0 Å². The molecule has 0 amide bonds. The Morgan fingerprint density at radius 3 is 2.71 bits per heavy atom.